The third kappa shape index (κ3) is 3.61. The summed E-state index contributed by atoms with van der Waals surface area (Å²) in [6.45, 7) is 0. The molecule has 0 saturated heterocycles. The van der Waals surface area contributed by atoms with E-state index in [1.165, 1.54) is 0 Å². The summed E-state index contributed by atoms with van der Waals surface area (Å²) in [7, 11) is 1.56. The van der Waals surface area contributed by atoms with E-state index in [1.54, 1.807) is 43.5 Å². The van der Waals surface area contributed by atoms with Crippen LogP contribution in [0.25, 0.3) is 22.6 Å². The van der Waals surface area contributed by atoms with Gasteiger partial charge in [-0.3, -0.25) is 4.79 Å². The standard InChI is InChI=1S/C21H14BrClN2O3/c1-27-18-8-6-12(10-16(18)23)21-25-17-11-13(7-9-19(17)28-21)24-20(26)14-4-2-3-5-15(14)22/h2-11H,1H3,(H,24,26). The van der Waals surface area contributed by atoms with E-state index in [0.717, 1.165) is 10.0 Å². The van der Waals surface area contributed by atoms with Crippen LogP contribution >= 0.6 is 27.5 Å². The molecule has 0 aliphatic heterocycles. The smallest absolute Gasteiger partial charge is 0.256 e. The molecule has 4 aromatic rings. The normalized spacial score (nSPS) is 10.8. The van der Waals surface area contributed by atoms with Gasteiger partial charge in [0.1, 0.15) is 11.3 Å². The number of oxazole rings is 1. The maximum atomic E-state index is 12.5. The van der Waals surface area contributed by atoms with Crippen LogP contribution in [0.3, 0.4) is 0 Å². The number of aromatic nitrogens is 1. The average Bonchev–Trinajstić information content (AvgIpc) is 3.11. The van der Waals surface area contributed by atoms with Crippen LogP contribution in [0.15, 0.2) is 69.6 Å². The molecule has 140 valence electrons. The first kappa shape index (κ1) is 18.5. The highest BCUT2D eigenvalue weighted by Gasteiger charge is 2.13. The number of methoxy groups -OCH3 is 1. The Morgan fingerprint density at radius 3 is 2.71 bits per heavy atom. The number of halogens is 2. The fourth-order valence-corrected chi connectivity index (χ4v) is 3.49. The Hall–Kier alpha value is -2.83. The number of hydrogen-bond acceptors (Lipinski definition) is 4. The van der Waals surface area contributed by atoms with Gasteiger partial charge in [0.15, 0.2) is 5.58 Å². The monoisotopic (exact) mass is 456 g/mol. The van der Waals surface area contributed by atoms with Gasteiger partial charge in [0.25, 0.3) is 5.91 Å². The Morgan fingerprint density at radius 1 is 1.14 bits per heavy atom. The van der Waals surface area contributed by atoms with E-state index in [-0.39, 0.29) is 5.91 Å². The van der Waals surface area contributed by atoms with Crippen LogP contribution in [0.2, 0.25) is 5.02 Å². The zero-order chi connectivity index (χ0) is 19.7. The number of amides is 1. The minimum atomic E-state index is -0.211. The van der Waals surface area contributed by atoms with Crippen molar-refractivity contribution < 1.29 is 13.9 Å². The molecule has 1 heterocycles. The number of fused-ring (bicyclic) bond motifs is 1. The number of carbonyl (C=O) groups is 1. The topological polar surface area (TPSA) is 64.4 Å². The molecular formula is C21H14BrClN2O3. The van der Waals surface area contributed by atoms with Crippen molar-refractivity contribution in [2.24, 2.45) is 0 Å². The van der Waals surface area contributed by atoms with Crippen molar-refractivity contribution in [1.82, 2.24) is 4.98 Å². The predicted octanol–water partition coefficient (Wildman–Crippen LogP) is 6.17. The second-order valence-corrected chi connectivity index (χ2v) is 7.25. The lowest BCUT2D eigenvalue weighted by Gasteiger charge is -2.06. The molecule has 0 spiro atoms. The van der Waals surface area contributed by atoms with Gasteiger partial charge in [-0.25, -0.2) is 4.98 Å². The fraction of sp³-hybridized carbons (Fsp3) is 0.0476. The summed E-state index contributed by atoms with van der Waals surface area (Å²) >= 11 is 9.57. The van der Waals surface area contributed by atoms with Gasteiger partial charge in [0.05, 0.1) is 17.7 Å². The van der Waals surface area contributed by atoms with Crippen molar-refractivity contribution >= 4 is 50.2 Å². The molecule has 0 radical (unpaired) electrons. The molecule has 0 bridgehead atoms. The van der Waals surface area contributed by atoms with Gasteiger partial charge in [-0.15, -0.1) is 0 Å². The molecule has 1 aromatic heterocycles. The van der Waals surface area contributed by atoms with Crippen molar-refractivity contribution in [3.8, 4) is 17.2 Å². The minimum absolute atomic E-state index is 0.211. The average molecular weight is 458 g/mol. The number of rotatable bonds is 4. The summed E-state index contributed by atoms with van der Waals surface area (Å²) in [6, 6.07) is 17.9. The first-order valence-electron chi connectivity index (χ1n) is 8.35. The van der Waals surface area contributed by atoms with Crippen LogP contribution in [-0.4, -0.2) is 18.0 Å². The molecular weight excluding hydrogens is 444 g/mol. The summed E-state index contributed by atoms with van der Waals surface area (Å²) in [5, 5.41) is 3.35. The second kappa shape index (κ2) is 7.66. The zero-order valence-electron chi connectivity index (χ0n) is 14.7. The maximum Gasteiger partial charge on any atom is 0.256 e. The van der Waals surface area contributed by atoms with E-state index >= 15 is 0 Å². The Balaban J connectivity index is 1.62. The quantitative estimate of drug-likeness (QED) is 0.398. The van der Waals surface area contributed by atoms with Gasteiger partial charge in [0.2, 0.25) is 5.89 Å². The molecule has 28 heavy (non-hydrogen) atoms. The van der Waals surface area contributed by atoms with Crippen LogP contribution in [0.1, 0.15) is 10.4 Å². The first-order chi connectivity index (χ1) is 13.5. The van der Waals surface area contributed by atoms with Crippen molar-refractivity contribution in [1.29, 1.82) is 0 Å². The van der Waals surface area contributed by atoms with Gasteiger partial charge in [-0.05, 0) is 64.5 Å². The van der Waals surface area contributed by atoms with Gasteiger partial charge in [-0.1, -0.05) is 23.7 Å². The number of carbonyl (C=O) groups excluding carboxylic acids is 1. The minimum Gasteiger partial charge on any atom is -0.495 e. The third-order valence-electron chi connectivity index (χ3n) is 4.16. The molecule has 0 atom stereocenters. The van der Waals surface area contributed by atoms with Crippen molar-refractivity contribution in [3.05, 3.63) is 75.7 Å². The highest BCUT2D eigenvalue weighted by molar-refractivity contribution is 9.10. The van der Waals surface area contributed by atoms with Gasteiger partial charge in [-0.2, -0.15) is 0 Å². The highest BCUT2D eigenvalue weighted by atomic mass is 79.9. The van der Waals surface area contributed by atoms with E-state index in [0.29, 0.717) is 39.0 Å². The van der Waals surface area contributed by atoms with Crippen LogP contribution in [-0.2, 0) is 0 Å². The summed E-state index contributed by atoms with van der Waals surface area (Å²) in [6.07, 6.45) is 0. The van der Waals surface area contributed by atoms with Crippen molar-refractivity contribution in [2.45, 2.75) is 0 Å². The molecule has 5 nitrogen and oxygen atoms in total. The van der Waals surface area contributed by atoms with E-state index in [2.05, 4.69) is 26.2 Å². The lowest BCUT2D eigenvalue weighted by molar-refractivity contribution is 0.102. The number of nitrogens with zero attached hydrogens (tertiary/aromatic N) is 1. The fourth-order valence-electron chi connectivity index (χ4n) is 2.77. The zero-order valence-corrected chi connectivity index (χ0v) is 17.0. The van der Waals surface area contributed by atoms with Gasteiger partial charge in [0, 0.05) is 15.7 Å². The molecule has 0 aliphatic rings. The summed E-state index contributed by atoms with van der Waals surface area (Å²) in [5.41, 5.74) is 3.16. The Bertz CT molecular complexity index is 1190. The first-order valence-corrected chi connectivity index (χ1v) is 9.52. The van der Waals surface area contributed by atoms with E-state index < -0.39 is 0 Å². The van der Waals surface area contributed by atoms with E-state index in [4.69, 9.17) is 20.8 Å². The van der Waals surface area contributed by atoms with Crippen LogP contribution in [0, 0.1) is 0 Å². The number of nitrogens with one attached hydrogen (secondary N) is 1. The van der Waals surface area contributed by atoms with Crippen LogP contribution < -0.4 is 10.1 Å². The van der Waals surface area contributed by atoms with Crippen molar-refractivity contribution in [2.75, 3.05) is 12.4 Å². The number of benzene rings is 3. The Kier molecular flexibility index (Phi) is 5.07. The largest absolute Gasteiger partial charge is 0.495 e. The number of ether oxygens (including phenoxy) is 1. The molecule has 1 amide bonds. The molecule has 1 N–H and O–H groups in total. The second-order valence-electron chi connectivity index (χ2n) is 5.98. The molecule has 4 rings (SSSR count). The van der Waals surface area contributed by atoms with E-state index in [9.17, 15) is 4.79 Å². The SMILES string of the molecule is COc1ccc(-c2nc3cc(NC(=O)c4ccccc4Br)ccc3o2)cc1Cl. The predicted molar refractivity (Wildman–Crippen MR) is 113 cm³/mol. The van der Waals surface area contributed by atoms with Crippen LogP contribution in [0.5, 0.6) is 5.75 Å². The van der Waals surface area contributed by atoms with Gasteiger partial charge < -0.3 is 14.5 Å². The van der Waals surface area contributed by atoms with Crippen molar-refractivity contribution in [3.63, 3.8) is 0 Å². The maximum absolute atomic E-state index is 12.5. The third-order valence-corrected chi connectivity index (χ3v) is 5.15. The Labute approximate surface area is 174 Å². The molecule has 7 heteroatoms. The molecule has 0 fully saturated rings. The molecule has 0 saturated carbocycles. The lowest BCUT2D eigenvalue weighted by Crippen LogP contribution is -2.12. The number of hydrogen-bond donors (Lipinski definition) is 1. The lowest BCUT2D eigenvalue weighted by atomic mass is 10.2. The summed E-state index contributed by atoms with van der Waals surface area (Å²) in [4.78, 5) is 17.0. The van der Waals surface area contributed by atoms with E-state index in [1.807, 2.05) is 24.3 Å². The van der Waals surface area contributed by atoms with Gasteiger partial charge >= 0.3 is 0 Å². The highest BCUT2D eigenvalue weighted by Crippen LogP contribution is 2.32. The molecule has 3 aromatic carbocycles. The summed E-state index contributed by atoms with van der Waals surface area (Å²) in [5.74, 6) is 0.810. The number of anilines is 1. The molecule has 0 aliphatic carbocycles. The summed E-state index contributed by atoms with van der Waals surface area (Å²) < 4.78 is 11.7. The Morgan fingerprint density at radius 2 is 1.96 bits per heavy atom. The molecule has 0 unspecified atom stereocenters. The van der Waals surface area contributed by atoms with Crippen LogP contribution in [0.4, 0.5) is 5.69 Å².